The van der Waals surface area contributed by atoms with E-state index in [1.54, 1.807) is 30.0 Å². The third-order valence-electron chi connectivity index (χ3n) is 5.87. The molecule has 2 saturated heterocycles. The lowest BCUT2D eigenvalue weighted by Crippen LogP contribution is -2.36. The van der Waals surface area contributed by atoms with Gasteiger partial charge in [0.15, 0.2) is 0 Å². The molecule has 6 heteroatoms. The number of carbonyl (C=O) groups excluding carboxylic acids is 1. The minimum Gasteiger partial charge on any atom is -0.507 e. The summed E-state index contributed by atoms with van der Waals surface area (Å²) in [4.78, 5) is 19.5. The highest BCUT2D eigenvalue weighted by Gasteiger charge is 2.36. The number of hydrogen-bond donors (Lipinski definition) is 2. The molecular weight excluding hydrogens is 330 g/mol. The molecule has 2 aliphatic heterocycles. The Morgan fingerprint density at radius 1 is 1.15 bits per heavy atom. The van der Waals surface area contributed by atoms with Gasteiger partial charge in [-0.3, -0.25) is 4.79 Å². The largest absolute Gasteiger partial charge is 0.507 e. The lowest BCUT2D eigenvalue weighted by Gasteiger charge is -2.26. The molecule has 0 saturated carbocycles. The van der Waals surface area contributed by atoms with Gasteiger partial charge in [0.25, 0.3) is 5.91 Å². The number of nitrogens with zero attached hydrogens (tertiary/aromatic N) is 3. The van der Waals surface area contributed by atoms with Crippen molar-refractivity contribution in [2.75, 3.05) is 59.5 Å². The summed E-state index contributed by atoms with van der Waals surface area (Å²) < 4.78 is 0. The van der Waals surface area contributed by atoms with Crippen LogP contribution in [-0.2, 0) is 0 Å². The Morgan fingerprint density at radius 3 is 2.69 bits per heavy atom. The Kier molecular flexibility index (Phi) is 6.16. The number of carbonyl (C=O) groups is 1. The van der Waals surface area contributed by atoms with Gasteiger partial charge in [-0.2, -0.15) is 0 Å². The number of likely N-dealkylation sites (tertiary alicyclic amines) is 1. The first kappa shape index (κ1) is 19.1. The molecule has 0 bridgehead atoms. The van der Waals surface area contributed by atoms with Crippen molar-refractivity contribution in [1.82, 2.24) is 14.7 Å². The summed E-state index contributed by atoms with van der Waals surface area (Å²) in [5.74, 6) is 0.311. The smallest absolute Gasteiger partial charge is 0.257 e. The Labute approximate surface area is 156 Å². The second-order valence-corrected chi connectivity index (χ2v) is 7.84. The van der Waals surface area contributed by atoms with Gasteiger partial charge in [-0.25, -0.2) is 0 Å². The normalized spacial score (nSPS) is 25.4. The Bertz CT molecular complexity index is 637. The van der Waals surface area contributed by atoms with Crippen LogP contribution in [0, 0.1) is 18.8 Å². The van der Waals surface area contributed by atoms with Gasteiger partial charge in [-0.15, -0.1) is 0 Å². The highest BCUT2D eigenvalue weighted by Crippen LogP contribution is 2.29. The van der Waals surface area contributed by atoms with Crippen LogP contribution in [0.5, 0.6) is 5.75 Å². The molecule has 0 radical (unpaired) electrons. The number of aryl methyl sites for hydroxylation is 1. The van der Waals surface area contributed by atoms with Gasteiger partial charge >= 0.3 is 0 Å². The number of para-hydroxylation sites is 1. The number of aliphatic hydroxyl groups is 1. The van der Waals surface area contributed by atoms with Gasteiger partial charge in [-0.1, -0.05) is 12.1 Å². The van der Waals surface area contributed by atoms with Gasteiger partial charge in [0.05, 0.1) is 5.56 Å². The first-order valence-corrected chi connectivity index (χ1v) is 9.59. The molecule has 0 spiro atoms. The van der Waals surface area contributed by atoms with Crippen molar-refractivity contribution in [3.8, 4) is 5.75 Å². The van der Waals surface area contributed by atoms with Crippen LogP contribution in [0.4, 0.5) is 0 Å². The average Bonchev–Trinajstić information content (AvgIpc) is 2.92. The van der Waals surface area contributed by atoms with Crippen LogP contribution in [0.15, 0.2) is 18.2 Å². The molecule has 3 rings (SSSR count). The maximum atomic E-state index is 12.9. The van der Waals surface area contributed by atoms with Crippen molar-refractivity contribution in [2.45, 2.75) is 13.3 Å². The molecule has 0 unspecified atom stereocenters. The molecule has 144 valence electrons. The number of benzene rings is 1. The molecule has 1 aromatic rings. The number of rotatable bonds is 4. The van der Waals surface area contributed by atoms with Gasteiger partial charge in [0.1, 0.15) is 5.75 Å². The molecule has 1 aromatic carbocycles. The van der Waals surface area contributed by atoms with Crippen LogP contribution in [-0.4, -0.2) is 90.3 Å². The van der Waals surface area contributed by atoms with Gasteiger partial charge < -0.3 is 24.9 Å². The zero-order chi connectivity index (χ0) is 18.7. The van der Waals surface area contributed by atoms with Crippen LogP contribution < -0.4 is 0 Å². The van der Waals surface area contributed by atoms with E-state index in [2.05, 4.69) is 16.8 Å². The fourth-order valence-corrected chi connectivity index (χ4v) is 4.13. The first-order valence-electron chi connectivity index (χ1n) is 9.59. The van der Waals surface area contributed by atoms with E-state index >= 15 is 0 Å². The summed E-state index contributed by atoms with van der Waals surface area (Å²) in [5, 5.41) is 20.0. The second-order valence-electron chi connectivity index (χ2n) is 7.84. The summed E-state index contributed by atoms with van der Waals surface area (Å²) in [6.07, 6.45) is 1.16. The lowest BCUT2D eigenvalue weighted by atomic mass is 9.96. The third kappa shape index (κ3) is 4.19. The third-order valence-corrected chi connectivity index (χ3v) is 5.87. The topological polar surface area (TPSA) is 67.3 Å². The van der Waals surface area contributed by atoms with E-state index in [-0.39, 0.29) is 30.1 Å². The van der Waals surface area contributed by atoms with Crippen LogP contribution in [0.1, 0.15) is 22.3 Å². The van der Waals surface area contributed by atoms with E-state index in [0.29, 0.717) is 24.2 Å². The van der Waals surface area contributed by atoms with Crippen LogP contribution in [0.2, 0.25) is 0 Å². The van der Waals surface area contributed by atoms with E-state index in [0.717, 1.165) is 39.1 Å². The predicted molar refractivity (Wildman–Crippen MR) is 101 cm³/mol. The van der Waals surface area contributed by atoms with Crippen molar-refractivity contribution < 1.29 is 15.0 Å². The fraction of sp³-hybridized carbons (Fsp3) is 0.650. The number of amides is 1. The molecule has 26 heavy (non-hydrogen) atoms. The van der Waals surface area contributed by atoms with Crippen molar-refractivity contribution >= 4 is 5.91 Å². The summed E-state index contributed by atoms with van der Waals surface area (Å²) >= 11 is 0. The molecular formula is C20H31N3O3. The SMILES string of the molecule is Cc1cccc(C(=O)N2C[C@@H](CN3CCCN(C)CC3)[C@@H](CO)C2)c1O. The van der Waals surface area contributed by atoms with Gasteiger partial charge in [0.2, 0.25) is 0 Å². The molecule has 6 nitrogen and oxygen atoms in total. The number of likely N-dealkylation sites (N-methyl/N-ethyl adjacent to an activating group) is 1. The van der Waals surface area contributed by atoms with Crippen molar-refractivity contribution in [2.24, 2.45) is 11.8 Å². The zero-order valence-corrected chi connectivity index (χ0v) is 15.9. The number of phenolic OH excluding ortho intramolecular Hbond substituents is 1. The molecule has 2 atom stereocenters. The summed E-state index contributed by atoms with van der Waals surface area (Å²) in [5.41, 5.74) is 1.07. The number of hydrogen-bond acceptors (Lipinski definition) is 5. The summed E-state index contributed by atoms with van der Waals surface area (Å²) in [6, 6.07) is 5.27. The number of phenols is 1. The Morgan fingerprint density at radius 2 is 1.92 bits per heavy atom. The standard InChI is InChI=1S/C20H31N3O3/c1-15-5-3-6-18(19(15)25)20(26)23-12-16(17(13-23)14-24)11-22-8-4-7-21(2)9-10-22/h3,5-6,16-17,24-25H,4,7-14H2,1-2H3/t16-,17-/m1/s1. The molecule has 2 fully saturated rings. The zero-order valence-electron chi connectivity index (χ0n) is 15.9. The Balaban J connectivity index is 1.66. The predicted octanol–water partition coefficient (Wildman–Crippen LogP) is 1.02. The van der Waals surface area contributed by atoms with E-state index < -0.39 is 0 Å². The van der Waals surface area contributed by atoms with Crippen LogP contribution >= 0.6 is 0 Å². The van der Waals surface area contributed by atoms with E-state index in [4.69, 9.17) is 0 Å². The van der Waals surface area contributed by atoms with Gasteiger partial charge in [-0.05, 0) is 51.0 Å². The first-order chi connectivity index (χ1) is 12.5. The summed E-state index contributed by atoms with van der Waals surface area (Å²) in [6.45, 7) is 8.32. The average molecular weight is 361 g/mol. The van der Waals surface area contributed by atoms with E-state index in [1.165, 1.54) is 0 Å². The van der Waals surface area contributed by atoms with Gasteiger partial charge in [0, 0.05) is 45.2 Å². The molecule has 0 aliphatic carbocycles. The van der Waals surface area contributed by atoms with Crippen LogP contribution in [0.3, 0.4) is 0 Å². The van der Waals surface area contributed by atoms with E-state index in [9.17, 15) is 15.0 Å². The van der Waals surface area contributed by atoms with Crippen molar-refractivity contribution in [1.29, 1.82) is 0 Å². The summed E-state index contributed by atoms with van der Waals surface area (Å²) in [7, 11) is 2.16. The fourth-order valence-electron chi connectivity index (χ4n) is 4.13. The molecule has 2 heterocycles. The van der Waals surface area contributed by atoms with Crippen molar-refractivity contribution in [3.63, 3.8) is 0 Å². The van der Waals surface area contributed by atoms with E-state index in [1.807, 2.05) is 0 Å². The van der Waals surface area contributed by atoms with Crippen molar-refractivity contribution in [3.05, 3.63) is 29.3 Å². The molecule has 2 N–H and O–H groups in total. The maximum Gasteiger partial charge on any atom is 0.257 e. The highest BCUT2D eigenvalue weighted by atomic mass is 16.3. The minimum absolute atomic E-state index is 0.0667. The monoisotopic (exact) mass is 361 g/mol. The Hall–Kier alpha value is -1.63. The quantitative estimate of drug-likeness (QED) is 0.838. The number of aliphatic hydroxyl groups excluding tert-OH is 1. The minimum atomic E-state index is -0.136. The molecule has 0 aromatic heterocycles. The lowest BCUT2D eigenvalue weighted by molar-refractivity contribution is 0.0776. The second kappa shape index (κ2) is 8.37. The maximum absolute atomic E-state index is 12.9. The van der Waals surface area contributed by atoms with Crippen LogP contribution in [0.25, 0.3) is 0 Å². The highest BCUT2D eigenvalue weighted by molar-refractivity contribution is 5.97. The molecule has 1 amide bonds. The number of aromatic hydroxyl groups is 1. The molecule has 2 aliphatic rings.